The number of rotatable bonds is 4. The van der Waals surface area contributed by atoms with E-state index in [0.29, 0.717) is 12.0 Å². The third-order valence-corrected chi connectivity index (χ3v) is 3.51. The minimum atomic E-state index is -0.866. The molecule has 88 valence electrons. The number of fused-ring (bicyclic) bond motifs is 3. The van der Waals surface area contributed by atoms with Crippen LogP contribution < -0.4 is 0 Å². The van der Waals surface area contributed by atoms with Crippen molar-refractivity contribution < 1.29 is 14.6 Å². The quantitative estimate of drug-likeness (QED) is 0.790. The van der Waals surface area contributed by atoms with Gasteiger partial charge in [0.05, 0.1) is 6.61 Å². The largest absolute Gasteiger partial charge is 0.480 e. The summed E-state index contributed by atoms with van der Waals surface area (Å²) in [5.74, 6) is -0.866. The van der Waals surface area contributed by atoms with Gasteiger partial charge in [-0.15, -0.1) is 12.4 Å². The summed E-state index contributed by atoms with van der Waals surface area (Å²) in [7, 11) is 0. The van der Waals surface area contributed by atoms with E-state index in [-0.39, 0.29) is 19.0 Å². The van der Waals surface area contributed by atoms with Gasteiger partial charge in [-0.25, -0.2) is 4.79 Å². The van der Waals surface area contributed by atoms with Crippen molar-refractivity contribution in [3.05, 3.63) is 0 Å². The summed E-state index contributed by atoms with van der Waals surface area (Å²) in [6.45, 7) is 3.97. The molecule has 0 aromatic carbocycles. The highest BCUT2D eigenvalue weighted by Gasteiger charge is 2.39. The van der Waals surface area contributed by atoms with Crippen molar-refractivity contribution in [2.24, 2.45) is 5.41 Å². The molecule has 3 fully saturated rings. The van der Waals surface area contributed by atoms with Crippen molar-refractivity contribution in [3.8, 4) is 0 Å². The van der Waals surface area contributed by atoms with Gasteiger partial charge in [0, 0.05) is 0 Å². The number of hydrogen-bond acceptors (Lipinski definition) is 3. The predicted molar refractivity (Wildman–Crippen MR) is 58.4 cm³/mol. The Bertz CT molecular complexity index is 213. The molecule has 0 radical (unpaired) electrons. The standard InChI is InChI=1S/C10H17NO3.ClH/c12-9(13)7-14-8-10-1-4-11(5-2-10)6-3-10;/h1-8H2,(H,12,13);1H. The number of carbonyl (C=O) groups is 1. The SMILES string of the molecule is Cl.O=C(O)COCC12CCN(CC1)CC2. The van der Waals surface area contributed by atoms with Gasteiger partial charge < -0.3 is 14.7 Å². The van der Waals surface area contributed by atoms with Gasteiger partial charge >= 0.3 is 5.97 Å². The number of hydrogen-bond donors (Lipinski definition) is 1. The molecule has 15 heavy (non-hydrogen) atoms. The Kier molecular flexibility index (Phi) is 4.37. The lowest BCUT2D eigenvalue weighted by molar-refractivity contribution is -0.144. The molecule has 0 aromatic rings. The second kappa shape index (κ2) is 5.14. The molecule has 2 bridgehead atoms. The zero-order valence-corrected chi connectivity index (χ0v) is 9.59. The number of carboxylic acid groups (broad SMARTS) is 1. The molecule has 0 aliphatic carbocycles. The fourth-order valence-electron chi connectivity index (χ4n) is 2.47. The van der Waals surface area contributed by atoms with Crippen LogP contribution in [0.2, 0.25) is 0 Å². The smallest absolute Gasteiger partial charge is 0.329 e. The third-order valence-electron chi connectivity index (χ3n) is 3.51. The topological polar surface area (TPSA) is 49.8 Å². The molecule has 1 N–H and O–H groups in total. The molecule has 3 heterocycles. The maximum absolute atomic E-state index is 10.3. The summed E-state index contributed by atoms with van der Waals surface area (Å²) in [5, 5.41) is 8.48. The van der Waals surface area contributed by atoms with Gasteiger partial charge in [0.15, 0.2) is 0 Å². The van der Waals surface area contributed by atoms with Crippen LogP contribution in [0.25, 0.3) is 0 Å². The van der Waals surface area contributed by atoms with E-state index in [1.54, 1.807) is 0 Å². The van der Waals surface area contributed by atoms with E-state index >= 15 is 0 Å². The van der Waals surface area contributed by atoms with Crippen LogP contribution >= 0.6 is 12.4 Å². The number of halogens is 1. The lowest BCUT2D eigenvalue weighted by Gasteiger charge is -2.48. The van der Waals surface area contributed by atoms with E-state index < -0.39 is 5.97 Å². The summed E-state index contributed by atoms with van der Waals surface area (Å²) in [5.41, 5.74) is 0.296. The molecule has 0 saturated carbocycles. The Labute approximate surface area is 96.0 Å². The van der Waals surface area contributed by atoms with Crippen LogP contribution in [-0.2, 0) is 9.53 Å². The number of piperidine rings is 3. The maximum Gasteiger partial charge on any atom is 0.329 e. The molecule has 0 unspecified atom stereocenters. The van der Waals surface area contributed by atoms with Crippen molar-refractivity contribution >= 4 is 18.4 Å². The van der Waals surface area contributed by atoms with Gasteiger partial charge in [0.1, 0.15) is 6.61 Å². The van der Waals surface area contributed by atoms with Crippen LogP contribution in [0.4, 0.5) is 0 Å². The fraction of sp³-hybridized carbons (Fsp3) is 0.900. The van der Waals surface area contributed by atoms with Gasteiger partial charge in [0.25, 0.3) is 0 Å². The van der Waals surface area contributed by atoms with E-state index in [2.05, 4.69) is 4.90 Å². The molecule has 3 aliphatic rings. The van der Waals surface area contributed by atoms with Crippen LogP contribution in [0, 0.1) is 5.41 Å². The second-order valence-electron chi connectivity index (χ2n) is 4.48. The lowest BCUT2D eigenvalue weighted by atomic mass is 9.73. The number of ether oxygens (including phenoxy) is 1. The summed E-state index contributed by atoms with van der Waals surface area (Å²) in [6, 6.07) is 0. The Balaban J connectivity index is 0.00000112. The van der Waals surface area contributed by atoms with Crippen LogP contribution in [0.1, 0.15) is 19.3 Å². The summed E-state index contributed by atoms with van der Waals surface area (Å²) in [6.07, 6.45) is 3.52. The minimum Gasteiger partial charge on any atom is -0.480 e. The average Bonchev–Trinajstić information content (AvgIpc) is 2.19. The van der Waals surface area contributed by atoms with Crippen molar-refractivity contribution in [1.29, 1.82) is 0 Å². The zero-order chi connectivity index (χ0) is 10.0. The van der Waals surface area contributed by atoms with Crippen LogP contribution in [0.15, 0.2) is 0 Å². The van der Waals surface area contributed by atoms with Crippen LogP contribution in [-0.4, -0.2) is 48.8 Å². The normalized spacial score (nSPS) is 33.5. The Morgan fingerprint density at radius 3 is 2.27 bits per heavy atom. The zero-order valence-electron chi connectivity index (χ0n) is 8.78. The summed E-state index contributed by atoms with van der Waals surface area (Å²) < 4.78 is 5.24. The highest BCUT2D eigenvalue weighted by molar-refractivity contribution is 5.85. The number of nitrogens with zero attached hydrogens (tertiary/aromatic N) is 1. The molecule has 5 heteroatoms. The molecule has 0 atom stereocenters. The first-order valence-corrected chi connectivity index (χ1v) is 5.22. The van der Waals surface area contributed by atoms with Crippen molar-refractivity contribution in [2.45, 2.75) is 19.3 Å². The summed E-state index contributed by atoms with van der Waals surface area (Å²) >= 11 is 0. The number of carboxylic acids is 1. The molecule has 3 saturated heterocycles. The van der Waals surface area contributed by atoms with Gasteiger partial charge in [0.2, 0.25) is 0 Å². The fourth-order valence-corrected chi connectivity index (χ4v) is 2.47. The number of aliphatic carboxylic acids is 1. The molecule has 0 spiro atoms. The first kappa shape index (κ1) is 12.7. The van der Waals surface area contributed by atoms with Crippen LogP contribution in [0.5, 0.6) is 0 Å². The van der Waals surface area contributed by atoms with Gasteiger partial charge in [-0.2, -0.15) is 0 Å². The molecular formula is C10H18ClNO3. The van der Waals surface area contributed by atoms with E-state index in [9.17, 15) is 4.79 Å². The van der Waals surface area contributed by atoms with E-state index in [1.165, 1.54) is 19.3 Å². The Morgan fingerprint density at radius 1 is 1.27 bits per heavy atom. The first-order chi connectivity index (χ1) is 6.70. The van der Waals surface area contributed by atoms with E-state index in [4.69, 9.17) is 9.84 Å². The second-order valence-corrected chi connectivity index (χ2v) is 4.48. The van der Waals surface area contributed by atoms with Crippen LogP contribution in [0.3, 0.4) is 0 Å². The molecule has 0 amide bonds. The van der Waals surface area contributed by atoms with E-state index in [1.807, 2.05) is 0 Å². The predicted octanol–water partition coefficient (Wildman–Crippen LogP) is 0.995. The monoisotopic (exact) mass is 235 g/mol. The molecule has 0 aromatic heterocycles. The lowest BCUT2D eigenvalue weighted by Crippen LogP contribution is -2.50. The average molecular weight is 236 g/mol. The molecule has 3 aliphatic heterocycles. The van der Waals surface area contributed by atoms with Crippen molar-refractivity contribution in [3.63, 3.8) is 0 Å². The van der Waals surface area contributed by atoms with Gasteiger partial charge in [-0.3, -0.25) is 0 Å². The third kappa shape index (κ3) is 3.06. The van der Waals surface area contributed by atoms with Gasteiger partial charge in [-0.05, 0) is 44.3 Å². The highest BCUT2D eigenvalue weighted by Crippen LogP contribution is 2.39. The van der Waals surface area contributed by atoms with Crippen molar-refractivity contribution in [2.75, 3.05) is 32.8 Å². The summed E-state index contributed by atoms with van der Waals surface area (Å²) in [4.78, 5) is 12.8. The van der Waals surface area contributed by atoms with E-state index in [0.717, 1.165) is 19.6 Å². The van der Waals surface area contributed by atoms with Gasteiger partial charge in [-0.1, -0.05) is 0 Å². The molecule has 3 rings (SSSR count). The first-order valence-electron chi connectivity index (χ1n) is 5.22. The Hall–Kier alpha value is -0.320. The Morgan fingerprint density at radius 2 is 1.80 bits per heavy atom. The molecular weight excluding hydrogens is 218 g/mol. The molecule has 4 nitrogen and oxygen atoms in total. The maximum atomic E-state index is 10.3. The highest BCUT2D eigenvalue weighted by atomic mass is 35.5. The van der Waals surface area contributed by atoms with Crippen molar-refractivity contribution in [1.82, 2.24) is 4.90 Å². The minimum absolute atomic E-state index is 0.